The Morgan fingerprint density at radius 2 is 1.85 bits per heavy atom. The van der Waals surface area contributed by atoms with Crippen molar-refractivity contribution in [3.05, 3.63) is 72.2 Å². The topological polar surface area (TPSA) is 80.3 Å². The Labute approximate surface area is 157 Å². The number of para-hydroxylation sites is 1. The molecule has 0 aliphatic rings. The zero-order chi connectivity index (χ0) is 19.4. The van der Waals surface area contributed by atoms with E-state index in [2.05, 4.69) is 15.0 Å². The van der Waals surface area contributed by atoms with Gasteiger partial charge in [0, 0.05) is 0 Å². The Kier molecular flexibility index (Phi) is 5.27. The van der Waals surface area contributed by atoms with Crippen molar-refractivity contribution < 1.29 is 17.5 Å². The van der Waals surface area contributed by atoms with Crippen LogP contribution in [0.5, 0.6) is 5.75 Å². The van der Waals surface area contributed by atoms with Gasteiger partial charge in [-0.1, -0.05) is 12.1 Å². The molecule has 0 unspecified atom stereocenters. The SMILES string of the molecule is COc1ccc(S(=O)(=O)Nc2ccc(Nc3ccccc3F)nc2)cc1C. The van der Waals surface area contributed by atoms with Crippen LogP contribution < -0.4 is 14.8 Å². The number of sulfonamides is 1. The molecule has 0 aliphatic heterocycles. The van der Waals surface area contributed by atoms with Crippen LogP contribution in [0, 0.1) is 12.7 Å². The summed E-state index contributed by atoms with van der Waals surface area (Å²) in [7, 11) is -2.24. The maximum absolute atomic E-state index is 13.7. The molecule has 2 aromatic carbocycles. The molecule has 0 bridgehead atoms. The van der Waals surface area contributed by atoms with Gasteiger partial charge in [0.05, 0.1) is 29.6 Å². The fourth-order valence-electron chi connectivity index (χ4n) is 2.46. The zero-order valence-corrected chi connectivity index (χ0v) is 15.5. The van der Waals surface area contributed by atoms with E-state index in [9.17, 15) is 12.8 Å². The molecule has 2 N–H and O–H groups in total. The molecule has 0 radical (unpaired) electrons. The molecule has 27 heavy (non-hydrogen) atoms. The summed E-state index contributed by atoms with van der Waals surface area (Å²) in [5.74, 6) is 0.599. The van der Waals surface area contributed by atoms with Crippen LogP contribution in [-0.4, -0.2) is 20.5 Å². The highest BCUT2D eigenvalue weighted by molar-refractivity contribution is 7.92. The van der Waals surface area contributed by atoms with Gasteiger partial charge in [-0.2, -0.15) is 0 Å². The number of nitrogens with zero attached hydrogens (tertiary/aromatic N) is 1. The molecule has 0 aliphatic carbocycles. The Balaban J connectivity index is 1.75. The van der Waals surface area contributed by atoms with Crippen LogP contribution in [0.25, 0.3) is 0 Å². The minimum absolute atomic E-state index is 0.120. The summed E-state index contributed by atoms with van der Waals surface area (Å²) in [5, 5.41) is 2.84. The van der Waals surface area contributed by atoms with Crippen molar-refractivity contribution in [2.45, 2.75) is 11.8 Å². The summed E-state index contributed by atoms with van der Waals surface area (Å²) in [6, 6.07) is 13.9. The van der Waals surface area contributed by atoms with E-state index in [1.165, 1.54) is 31.5 Å². The van der Waals surface area contributed by atoms with Crippen LogP contribution in [0.1, 0.15) is 5.56 Å². The maximum atomic E-state index is 13.7. The smallest absolute Gasteiger partial charge is 0.261 e. The second kappa shape index (κ2) is 7.63. The number of ether oxygens (including phenoxy) is 1. The molecule has 0 saturated heterocycles. The van der Waals surface area contributed by atoms with E-state index in [0.29, 0.717) is 22.8 Å². The molecule has 3 aromatic rings. The van der Waals surface area contributed by atoms with E-state index in [0.717, 1.165) is 0 Å². The molecule has 6 nitrogen and oxygen atoms in total. The molecule has 3 rings (SSSR count). The van der Waals surface area contributed by atoms with Crippen LogP contribution in [0.4, 0.5) is 21.6 Å². The highest BCUT2D eigenvalue weighted by Crippen LogP contribution is 2.24. The normalized spacial score (nSPS) is 11.1. The maximum Gasteiger partial charge on any atom is 0.261 e. The molecule has 0 amide bonds. The number of nitrogens with one attached hydrogen (secondary N) is 2. The van der Waals surface area contributed by atoms with Gasteiger partial charge >= 0.3 is 0 Å². The number of pyridine rings is 1. The Hall–Kier alpha value is -3.13. The standard InChI is InChI=1S/C19H18FN3O3S/c1-13-11-15(8-9-18(13)26-2)27(24,25)23-14-7-10-19(21-12-14)22-17-6-4-3-5-16(17)20/h3-12,23H,1-2H3,(H,21,22). The first-order valence-corrected chi connectivity index (χ1v) is 9.52. The summed E-state index contributed by atoms with van der Waals surface area (Å²) in [4.78, 5) is 4.23. The fraction of sp³-hybridized carbons (Fsp3) is 0.105. The molecule has 1 heterocycles. The van der Waals surface area contributed by atoms with Gasteiger partial charge in [-0.15, -0.1) is 0 Å². The van der Waals surface area contributed by atoms with E-state index in [4.69, 9.17) is 4.74 Å². The van der Waals surface area contributed by atoms with E-state index in [1.54, 1.807) is 43.3 Å². The second-order valence-electron chi connectivity index (χ2n) is 5.77. The van der Waals surface area contributed by atoms with Gasteiger partial charge in [0.1, 0.15) is 17.4 Å². The highest BCUT2D eigenvalue weighted by atomic mass is 32.2. The van der Waals surface area contributed by atoms with Crippen LogP contribution in [0.15, 0.2) is 65.7 Å². The van der Waals surface area contributed by atoms with Crippen LogP contribution >= 0.6 is 0 Å². The lowest BCUT2D eigenvalue weighted by Gasteiger charge is -2.11. The quantitative estimate of drug-likeness (QED) is 0.666. The number of aryl methyl sites for hydroxylation is 1. The predicted molar refractivity (Wildman–Crippen MR) is 102 cm³/mol. The summed E-state index contributed by atoms with van der Waals surface area (Å²) in [6.07, 6.45) is 1.36. The van der Waals surface area contributed by atoms with Crippen molar-refractivity contribution in [3.63, 3.8) is 0 Å². The number of methoxy groups -OCH3 is 1. The molecular weight excluding hydrogens is 369 g/mol. The molecule has 0 saturated carbocycles. The first-order valence-electron chi connectivity index (χ1n) is 8.04. The van der Waals surface area contributed by atoms with Gasteiger partial charge in [-0.05, 0) is 55.0 Å². The first-order chi connectivity index (χ1) is 12.9. The number of anilines is 3. The van der Waals surface area contributed by atoms with Gasteiger partial charge in [-0.3, -0.25) is 4.72 Å². The highest BCUT2D eigenvalue weighted by Gasteiger charge is 2.16. The molecular formula is C19H18FN3O3S. The number of benzene rings is 2. The number of rotatable bonds is 6. The lowest BCUT2D eigenvalue weighted by Crippen LogP contribution is -2.13. The summed E-state index contributed by atoms with van der Waals surface area (Å²) in [6.45, 7) is 1.77. The molecule has 0 atom stereocenters. The van der Waals surface area contributed by atoms with Gasteiger partial charge in [0.15, 0.2) is 0 Å². The third kappa shape index (κ3) is 4.35. The van der Waals surface area contributed by atoms with Gasteiger partial charge in [-0.25, -0.2) is 17.8 Å². The third-order valence-corrected chi connectivity index (χ3v) is 5.21. The number of hydrogen-bond acceptors (Lipinski definition) is 5. The number of aromatic nitrogens is 1. The molecule has 1 aromatic heterocycles. The summed E-state index contributed by atoms with van der Waals surface area (Å²) < 4.78 is 46.3. The third-order valence-electron chi connectivity index (χ3n) is 3.83. The van der Waals surface area contributed by atoms with Crippen molar-refractivity contribution in [1.82, 2.24) is 4.98 Å². The molecule has 0 spiro atoms. The van der Waals surface area contributed by atoms with Gasteiger partial charge in [0.25, 0.3) is 10.0 Å². The zero-order valence-electron chi connectivity index (χ0n) is 14.7. The first kappa shape index (κ1) is 18.7. The van der Waals surface area contributed by atoms with E-state index in [1.807, 2.05) is 0 Å². The van der Waals surface area contributed by atoms with Crippen molar-refractivity contribution in [1.29, 1.82) is 0 Å². The van der Waals surface area contributed by atoms with Crippen molar-refractivity contribution in [2.75, 3.05) is 17.1 Å². The van der Waals surface area contributed by atoms with Gasteiger partial charge in [0.2, 0.25) is 0 Å². The monoisotopic (exact) mass is 387 g/mol. The van der Waals surface area contributed by atoms with Gasteiger partial charge < -0.3 is 10.1 Å². The van der Waals surface area contributed by atoms with Crippen LogP contribution in [0.2, 0.25) is 0 Å². The Morgan fingerprint density at radius 1 is 1.07 bits per heavy atom. The lowest BCUT2D eigenvalue weighted by molar-refractivity contribution is 0.411. The van der Waals surface area contributed by atoms with Crippen molar-refractivity contribution in [2.24, 2.45) is 0 Å². The van der Waals surface area contributed by atoms with E-state index < -0.39 is 15.8 Å². The Morgan fingerprint density at radius 3 is 2.48 bits per heavy atom. The number of hydrogen-bond donors (Lipinski definition) is 2. The number of halogens is 1. The summed E-state index contributed by atoms with van der Waals surface area (Å²) >= 11 is 0. The minimum Gasteiger partial charge on any atom is -0.496 e. The average molecular weight is 387 g/mol. The van der Waals surface area contributed by atoms with Crippen molar-refractivity contribution >= 4 is 27.2 Å². The van der Waals surface area contributed by atoms with E-state index >= 15 is 0 Å². The lowest BCUT2D eigenvalue weighted by atomic mass is 10.2. The van der Waals surface area contributed by atoms with E-state index in [-0.39, 0.29) is 10.6 Å². The Bertz CT molecular complexity index is 1050. The molecule has 8 heteroatoms. The largest absolute Gasteiger partial charge is 0.496 e. The van der Waals surface area contributed by atoms with Crippen molar-refractivity contribution in [3.8, 4) is 5.75 Å². The van der Waals surface area contributed by atoms with Crippen LogP contribution in [-0.2, 0) is 10.0 Å². The predicted octanol–water partition coefficient (Wildman–Crippen LogP) is 4.08. The second-order valence-corrected chi connectivity index (χ2v) is 7.46. The minimum atomic E-state index is -3.77. The molecule has 140 valence electrons. The average Bonchev–Trinajstić information content (AvgIpc) is 2.65. The summed E-state index contributed by atoms with van der Waals surface area (Å²) in [5.41, 5.74) is 1.29. The van der Waals surface area contributed by atoms with Crippen LogP contribution in [0.3, 0.4) is 0 Å². The fourth-order valence-corrected chi connectivity index (χ4v) is 3.59. The molecule has 0 fully saturated rings.